The number of hydrogen-bond acceptors (Lipinski definition) is 6. The lowest BCUT2D eigenvalue weighted by Gasteiger charge is -2.14. The topological polar surface area (TPSA) is 91.4 Å². The number of pyridine rings is 1. The zero-order valence-electron chi connectivity index (χ0n) is 16.3. The van der Waals surface area contributed by atoms with Crippen LogP contribution >= 0.6 is 24.0 Å². The van der Waals surface area contributed by atoms with Crippen LogP contribution in [0.25, 0.3) is 6.08 Å². The van der Waals surface area contributed by atoms with E-state index < -0.39 is 5.91 Å². The third-order valence-electron chi connectivity index (χ3n) is 4.27. The van der Waals surface area contributed by atoms with Gasteiger partial charge in [0.15, 0.2) is 0 Å². The summed E-state index contributed by atoms with van der Waals surface area (Å²) in [4.78, 5) is 42.4. The number of carbonyl (C=O) groups is 3. The third-order valence-corrected chi connectivity index (χ3v) is 5.65. The van der Waals surface area contributed by atoms with E-state index in [0.717, 1.165) is 11.1 Å². The Hall–Kier alpha value is -3.04. The number of aromatic nitrogens is 1. The quantitative estimate of drug-likeness (QED) is 0.408. The number of thiocarbonyl (C=S) groups is 1. The molecule has 1 aliphatic rings. The first-order chi connectivity index (χ1) is 14.4. The Morgan fingerprint density at radius 2 is 1.97 bits per heavy atom. The Labute approximate surface area is 183 Å². The third kappa shape index (κ3) is 5.74. The number of amides is 3. The van der Waals surface area contributed by atoms with E-state index in [-0.39, 0.29) is 18.2 Å². The molecule has 1 aromatic heterocycles. The second kappa shape index (κ2) is 10.1. The molecule has 1 fully saturated rings. The van der Waals surface area contributed by atoms with Gasteiger partial charge >= 0.3 is 0 Å². The highest BCUT2D eigenvalue weighted by Gasteiger charge is 2.31. The van der Waals surface area contributed by atoms with Crippen molar-refractivity contribution in [1.29, 1.82) is 0 Å². The summed E-state index contributed by atoms with van der Waals surface area (Å²) in [6.07, 6.45) is 5.33. The van der Waals surface area contributed by atoms with Crippen LogP contribution in [-0.2, 0) is 9.59 Å². The lowest BCUT2D eigenvalue weighted by Crippen LogP contribution is -2.42. The highest BCUT2D eigenvalue weighted by Crippen LogP contribution is 2.32. The summed E-state index contributed by atoms with van der Waals surface area (Å²) in [5.74, 6) is -0.960. The monoisotopic (exact) mass is 440 g/mol. The molecule has 0 saturated carbocycles. The molecule has 0 atom stereocenters. The van der Waals surface area contributed by atoms with E-state index in [4.69, 9.17) is 12.2 Å². The molecular formula is C21H20N4O3S2. The van der Waals surface area contributed by atoms with Crippen LogP contribution in [0.2, 0.25) is 0 Å². The average molecular weight is 441 g/mol. The Morgan fingerprint density at radius 3 is 2.67 bits per heavy atom. The van der Waals surface area contributed by atoms with Gasteiger partial charge < -0.3 is 0 Å². The predicted octanol–water partition coefficient (Wildman–Crippen LogP) is 2.83. The maximum Gasteiger partial charge on any atom is 0.271 e. The largest absolute Gasteiger partial charge is 0.293 e. The number of nitrogens with zero attached hydrogens (tertiary/aromatic N) is 2. The highest BCUT2D eigenvalue weighted by molar-refractivity contribution is 8.26. The summed E-state index contributed by atoms with van der Waals surface area (Å²) in [5, 5.41) is 0. The fourth-order valence-electron chi connectivity index (χ4n) is 2.66. The highest BCUT2D eigenvalue weighted by atomic mass is 32.2. The summed E-state index contributed by atoms with van der Waals surface area (Å²) in [7, 11) is 0. The molecule has 2 N–H and O–H groups in total. The molecule has 30 heavy (non-hydrogen) atoms. The van der Waals surface area contributed by atoms with Crippen molar-refractivity contribution >= 4 is 52.1 Å². The van der Waals surface area contributed by atoms with Crippen LogP contribution in [0.4, 0.5) is 0 Å². The van der Waals surface area contributed by atoms with Gasteiger partial charge in [0.1, 0.15) is 4.32 Å². The molecule has 0 bridgehead atoms. The number of benzene rings is 1. The molecule has 9 heteroatoms. The van der Waals surface area contributed by atoms with Gasteiger partial charge in [-0.05, 0) is 37.1 Å². The van der Waals surface area contributed by atoms with Gasteiger partial charge in [-0.25, -0.2) is 0 Å². The molecule has 2 heterocycles. The molecule has 1 aromatic carbocycles. The van der Waals surface area contributed by atoms with E-state index in [9.17, 15) is 14.4 Å². The molecule has 154 valence electrons. The standard InChI is InChI=1S/C21H20N4O3S2/c1-14-6-8-15(9-7-14)12-17-20(28)25(21(29)30-17)11-3-5-18(26)23-24-19(27)16-4-2-10-22-13-16/h2,4,6-10,12-13H,3,5,11H2,1H3,(H,23,26)(H,24,27)/b17-12-. The molecule has 3 rings (SSSR count). The van der Waals surface area contributed by atoms with Crippen LogP contribution in [0.1, 0.15) is 34.3 Å². The van der Waals surface area contributed by atoms with Gasteiger partial charge in [0, 0.05) is 25.4 Å². The van der Waals surface area contributed by atoms with E-state index in [2.05, 4.69) is 15.8 Å². The van der Waals surface area contributed by atoms with Crippen molar-refractivity contribution in [3.8, 4) is 0 Å². The number of carbonyl (C=O) groups excluding carboxylic acids is 3. The van der Waals surface area contributed by atoms with Crippen molar-refractivity contribution in [3.05, 3.63) is 70.4 Å². The first-order valence-corrected chi connectivity index (χ1v) is 10.5. The van der Waals surface area contributed by atoms with E-state index in [1.165, 1.54) is 22.9 Å². The number of nitrogens with one attached hydrogen (secondary N) is 2. The minimum Gasteiger partial charge on any atom is -0.293 e. The van der Waals surface area contributed by atoms with E-state index >= 15 is 0 Å². The number of rotatable bonds is 6. The predicted molar refractivity (Wildman–Crippen MR) is 120 cm³/mol. The number of thioether (sulfide) groups is 1. The Morgan fingerprint density at radius 1 is 1.20 bits per heavy atom. The summed E-state index contributed by atoms with van der Waals surface area (Å²) >= 11 is 6.57. The maximum absolute atomic E-state index is 12.6. The second-order valence-electron chi connectivity index (χ2n) is 6.59. The van der Waals surface area contributed by atoms with Crippen molar-refractivity contribution in [2.24, 2.45) is 0 Å². The van der Waals surface area contributed by atoms with Crippen molar-refractivity contribution in [2.45, 2.75) is 19.8 Å². The van der Waals surface area contributed by atoms with Gasteiger partial charge in [-0.15, -0.1) is 0 Å². The molecule has 0 unspecified atom stereocenters. The molecule has 0 radical (unpaired) electrons. The van der Waals surface area contributed by atoms with Gasteiger partial charge in [-0.2, -0.15) is 0 Å². The van der Waals surface area contributed by atoms with Crippen molar-refractivity contribution < 1.29 is 14.4 Å². The van der Waals surface area contributed by atoms with Gasteiger partial charge in [0.25, 0.3) is 11.8 Å². The van der Waals surface area contributed by atoms with Crippen LogP contribution in [0.5, 0.6) is 0 Å². The van der Waals surface area contributed by atoms with Crippen LogP contribution in [-0.4, -0.2) is 38.5 Å². The molecule has 1 saturated heterocycles. The molecule has 3 amide bonds. The zero-order valence-corrected chi connectivity index (χ0v) is 17.9. The van der Waals surface area contributed by atoms with Crippen LogP contribution in [0, 0.1) is 6.92 Å². The summed E-state index contributed by atoms with van der Waals surface area (Å²) < 4.78 is 0.476. The van der Waals surface area contributed by atoms with E-state index in [0.29, 0.717) is 27.8 Å². The van der Waals surface area contributed by atoms with Crippen LogP contribution in [0.3, 0.4) is 0 Å². The number of aryl methyl sites for hydroxylation is 1. The smallest absolute Gasteiger partial charge is 0.271 e. The van der Waals surface area contributed by atoms with Gasteiger partial charge in [0.2, 0.25) is 5.91 Å². The number of hydrogen-bond donors (Lipinski definition) is 2. The van der Waals surface area contributed by atoms with Gasteiger partial charge in [-0.3, -0.25) is 35.1 Å². The first kappa shape index (κ1) is 21.7. The van der Waals surface area contributed by atoms with Crippen molar-refractivity contribution in [2.75, 3.05) is 6.54 Å². The maximum atomic E-state index is 12.6. The molecule has 7 nitrogen and oxygen atoms in total. The fourth-order valence-corrected chi connectivity index (χ4v) is 3.97. The van der Waals surface area contributed by atoms with Crippen molar-refractivity contribution in [1.82, 2.24) is 20.7 Å². The zero-order chi connectivity index (χ0) is 21.5. The summed E-state index contributed by atoms with van der Waals surface area (Å²) in [6.45, 7) is 2.34. The average Bonchev–Trinajstić information content (AvgIpc) is 3.01. The van der Waals surface area contributed by atoms with Crippen molar-refractivity contribution in [3.63, 3.8) is 0 Å². The van der Waals surface area contributed by atoms with Gasteiger partial charge in [0.05, 0.1) is 10.5 Å². The molecule has 0 aliphatic carbocycles. The van der Waals surface area contributed by atoms with Crippen LogP contribution < -0.4 is 10.9 Å². The lowest BCUT2D eigenvalue weighted by molar-refractivity contribution is -0.124. The molecular weight excluding hydrogens is 420 g/mol. The Balaban J connectivity index is 1.45. The minimum absolute atomic E-state index is 0.140. The first-order valence-electron chi connectivity index (χ1n) is 9.25. The van der Waals surface area contributed by atoms with Crippen LogP contribution in [0.15, 0.2) is 53.7 Å². The lowest BCUT2D eigenvalue weighted by atomic mass is 10.1. The van der Waals surface area contributed by atoms with E-state index in [1.807, 2.05) is 37.3 Å². The van der Waals surface area contributed by atoms with E-state index in [1.54, 1.807) is 18.3 Å². The SMILES string of the molecule is Cc1ccc(/C=C2\SC(=S)N(CCCC(=O)NNC(=O)c3cccnc3)C2=O)cc1. The summed E-state index contributed by atoms with van der Waals surface area (Å²) in [6, 6.07) is 11.1. The summed E-state index contributed by atoms with van der Waals surface area (Å²) in [5.41, 5.74) is 7.12. The second-order valence-corrected chi connectivity index (χ2v) is 8.27. The molecule has 0 spiro atoms. The number of hydrazine groups is 1. The minimum atomic E-state index is -0.449. The fraction of sp³-hybridized carbons (Fsp3) is 0.190. The normalized spacial score (nSPS) is 14.8. The van der Waals surface area contributed by atoms with Gasteiger partial charge in [-0.1, -0.05) is 53.8 Å². The Bertz CT molecular complexity index is 991. The molecule has 1 aliphatic heterocycles. The Kier molecular flexibility index (Phi) is 7.31. The molecule has 2 aromatic rings.